The number of fused-ring (bicyclic) bond motifs is 1. The molecule has 2 atom stereocenters. The van der Waals surface area contributed by atoms with Crippen molar-refractivity contribution in [2.45, 2.75) is 32.0 Å². The van der Waals surface area contributed by atoms with Crippen molar-refractivity contribution in [1.82, 2.24) is 20.4 Å². The number of aliphatic hydroxyl groups excluding tert-OH is 1. The summed E-state index contributed by atoms with van der Waals surface area (Å²) < 4.78 is 0. The smallest absolute Gasteiger partial charge is 0.253 e. The highest BCUT2D eigenvalue weighted by Crippen LogP contribution is 2.18. The van der Waals surface area contributed by atoms with Crippen LogP contribution in [0.1, 0.15) is 38.8 Å². The molecule has 2 heterocycles. The Morgan fingerprint density at radius 2 is 1.58 bits per heavy atom. The number of benzene rings is 2. The molecule has 2 aliphatic heterocycles. The number of carbonyl (C=O) groups excluding carboxylic acids is 3. The molecule has 174 valence electrons. The standard InChI is InChI=1S/C25H30N4O4/c1-17(30)28-10-12-29(13-11-28)25(33)19-8-6-18(7-9-19)24(32)27-16-23(31)22-14-20-4-2-3-5-21(20)15-26-22/h2-9,22-23,26,31H,10-16H2,1H3,(H,27,32)/t22-,23+/m0/s1. The second-order valence-electron chi connectivity index (χ2n) is 8.61. The van der Waals surface area contributed by atoms with Gasteiger partial charge < -0.3 is 25.5 Å². The third kappa shape index (κ3) is 5.40. The summed E-state index contributed by atoms with van der Waals surface area (Å²) in [6.45, 7) is 4.43. The maximum absolute atomic E-state index is 12.7. The normalized spacial score (nSPS) is 18.9. The Labute approximate surface area is 193 Å². The summed E-state index contributed by atoms with van der Waals surface area (Å²) in [5.41, 5.74) is 3.39. The molecule has 1 saturated heterocycles. The zero-order valence-corrected chi connectivity index (χ0v) is 18.8. The lowest BCUT2D eigenvalue weighted by Gasteiger charge is -2.34. The molecule has 0 saturated carbocycles. The van der Waals surface area contributed by atoms with Crippen LogP contribution >= 0.6 is 0 Å². The molecule has 0 bridgehead atoms. The molecule has 0 unspecified atom stereocenters. The van der Waals surface area contributed by atoms with Gasteiger partial charge in [-0.15, -0.1) is 0 Å². The van der Waals surface area contributed by atoms with Crippen molar-refractivity contribution in [1.29, 1.82) is 0 Å². The fourth-order valence-corrected chi connectivity index (χ4v) is 4.36. The Morgan fingerprint density at radius 1 is 0.970 bits per heavy atom. The van der Waals surface area contributed by atoms with Crippen LogP contribution in [-0.2, 0) is 17.8 Å². The minimum absolute atomic E-state index is 0.0201. The Kier molecular flexibility index (Phi) is 7.05. The monoisotopic (exact) mass is 450 g/mol. The van der Waals surface area contributed by atoms with E-state index in [9.17, 15) is 19.5 Å². The van der Waals surface area contributed by atoms with E-state index in [4.69, 9.17) is 0 Å². The fourth-order valence-electron chi connectivity index (χ4n) is 4.36. The van der Waals surface area contributed by atoms with Gasteiger partial charge in [0.1, 0.15) is 0 Å². The zero-order chi connectivity index (χ0) is 23.4. The predicted molar refractivity (Wildman–Crippen MR) is 124 cm³/mol. The van der Waals surface area contributed by atoms with Crippen LogP contribution < -0.4 is 10.6 Å². The second kappa shape index (κ2) is 10.1. The van der Waals surface area contributed by atoms with Crippen LogP contribution in [-0.4, -0.2) is 77.5 Å². The molecule has 0 radical (unpaired) electrons. The van der Waals surface area contributed by atoms with Crippen molar-refractivity contribution in [2.75, 3.05) is 32.7 Å². The van der Waals surface area contributed by atoms with Gasteiger partial charge >= 0.3 is 0 Å². The first-order chi connectivity index (χ1) is 15.9. The quantitative estimate of drug-likeness (QED) is 0.625. The van der Waals surface area contributed by atoms with E-state index >= 15 is 0 Å². The molecule has 0 aliphatic carbocycles. The number of piperazine rings is 1. The Balaban J connectivity index is 1.27. The predicted octanol–water partition coefficient (Wildman–Crippen LogP) is 0.796. The van der Waals surface area contributed by atoms with Crippen LogP contribution in [0.2, 0.25) is 0 Å². The first kappa shape index (κ1) is 22.9. The molecule has 4 rings (SSSR count). The van der Waals surface area contributed by atoms with Crippen molar-refractivity contribution in [3.63, 3.8) is 0 Å². The molecule has 0 spiro atoms. The Hall–Kier alpha value is -3.23. The van der Waals surface area contributed by atoms with Gasteiger partial charge in [-0.05, 0) is 41.8 Å². The van der Waals surface area contributed by atoms with Gasteiger partial charge in [-0.1, -0.05) is 24.3 Å². The highest BCUT2D eigenvalue weighted by atomic mass is 16.3. The molecular formula is C25H30N4O4. The van der Waals surface area contributed by atoms with Crippen molar-refractivity contribution < 1.29 is 19.5 Å². The van der Waals surface area contributed by atoms with Crippen LogP contribution in [0.4, 0.5) is 0 Å². The molecule has 3 amide bonds. The Bertz CT molecular complexity index is 1020. The first-order valence-corrected chi connectivity index (χ1v) is 11.3. The summed E-state index contributed by atoms with van der Waals surface area (Å²) in [4.78, 5) is 40.2. The van der Waals surface area contributed by atoms with Gasteiger partial charge in [0.05, 0.1) is 6.10 Å². The molecule has 33 heavy (non-hydrogen) atoms. The lowest BCUT2D eigenvalue weighted by Crippen LogP contribution is -2.50. The summed E-state index contributed by atoms with van der Waals surface area (Å²) in [5.74, 6) is -0.379. The van der Waals surface area contributed by atoms with Crippen molar-refractivity contribution in [3.05, 3.63) is 70.8 Å². The number of hydrogen-bond acceptors (Lipinski definition) is 5. The van der Waals surface area contributed by atoms with E-state index in [0.717, 1.165) is 0 Å². The summed E-state index contributed by atoms with van der Waals surface area (Å²) >= 11 is 0. The number of aliphatic hydroxyl groups is 1. The van der Waals surface area contributed by atoms with E-state index in [1.165, 1.54) is 18.1 Å². The topological polar surface area (TPSA) is 102 Å². The summed E-state index contributed by atoms with van der Waals surface area (Å²) in [6.07, 6.45) is 0.00172. The van der Waals surface area contributed by atoms with E-state index in [0.29, 0.717) is 50.3 Å². The molecule has 8 nitrogen and oxygen atoms in total. The third-order valence-corrected chi connectivity index (χ3v) is 6.46. The van der Waals surface area contributed by atoms with Gasteiger partial charge in [0.2, 0.25) is 5.91 Å². The second-order valence-corrected chi connectivity index (χ2v) is 8.61. The number of nitrogens with one attached hydrogen (secondary N) is 2. The van der Waals surface area contributed by atoms with Gasteiger partial charge in [-0.2, -0.15) is 0 Å². The summed E-state index contributed by atoms with van der Waals surface area (Å²) in [7, 11) is 0. The molecule has 0 aromatic heterocycles. The zero-order valence-electron chi connectivity index (χ0n) is 18.8. The summed E-state index contributed by atoms with van der Waals surface area (Å²) in [5, 5.41) is 16.7. The van der Waals surface area contributed by atoms with Crippen LogP contribution in [0.15, 0.2) is 48.5 Å². The molecule has 2 aromatic rings. The van der Waals surface area contributed by atoms with Crippen molar-refractivity contribution in [3.8, 4) is 0 Å². The molecule has 8 heteroatoms. The highest BCUT2D eigenvalue weighted by molar-refractivity contribution is 5.98. The number of hydrogen-bond donors (Lipinski definition) is 3. The van der Waals surface area contributed by atoms with Gasteiger partial charge in [-0.25, -0.2) is 0 Å². The third-order valence-electron chi connectivity index (χ3n) is 6.46. The molecular weight excluding hydrogens is 420 g/mol. The lowest BCUT2D eigenvalue weighted by molar-refractivity contribution is -0.130. The first-order valence-electron chi connectivity index (χ1n) is 11.3. The number of nitrogens with zero attached hydrogens (tertiary/aromatic N) is 2. The minimum Gasteiger partial charge on any atom is -0.390 e. The summed E-state index contributed by atoms with van der Waals surface area (Å²) in [6, 6.07) is 14.6. The molecule has 2 aromatic carbocycles. The van der Waals surface area contributed by atoms with Gasteiger partial charge in [0.15, 0.2) is 0 Å². The molecule has 3 N–H and O–H groups in total. The SMILES string of the molecule is CC(=O)N1CCN(C(=O)c2ccc(C(=O)NC[C@@H](O)[C@@H]3Cc4ccccc4CN3)cc2)CC1. The van der Waals surface area contributed by atoms with Gasteiger partial charge in [0.25, 0.3) is 11.8 Å². The molecule has 2 aliphatic rings. The maximum Gasteiger partial charge on any atom is 0.253 e. The van der Waals surface area contributed by atoms with Crippen LogP contribution in [0, 0.1) is 0 Å². The van der Waals surface area contributed by atoms with Crippen molar-refractivity contribution >= 4 is 17.7 Å². The lowest BCUT2D eigenvalue weighted by atomic mass is 9.93. The average Bonchev–Trinajstić information content (AvgIpc) is 2.86. The number of amides is 3. The van der Waals surface area contributed by atoms with E-state index < -0.39 is 6.10 Å². The van der Waals surface area contributed by atoms with E-state index in [-0.39, 0.29) is 30.3 Å². The van der Waals surface area contributed by atoms with E-state index in [1.54, 1.807) is 34.1 Å². The van der Waals surface area contributed by atoms with Crippen LogP contribution in [0.3, 0.4) is 0 Å². The number of rotatable bonds is 5. The van der Waals surface area contributed by atoms with Crippen LogP contribution in [0.5, 0.6) is 0 Å². The average molecular weight is 451 g/mol. The van der Waals surface area contributed by atoms with E-state index in [2.05, 4.69) is 22.8 Å². The highest BCUT2D eigenvalue weighted by Gasteiger charge is 2.25. The maximum atomic E-state index is 12.7. The minimum atomic E-state index is -0.711. The molecule has 1 fully saturated rings. The van der Waals surface area contributed by atoms with Gasteiger partial charge in [0, 0.05) is 63.4 Å². The van der Waals surface area contributed by atoms with Crippen LogP contribution in [0.25, 0.3) is 0 Å². The van der Waals surface area contributed by atoms with Crippen molar-refractivity contribution in [2.24, 2.45) is 0 Å². The van der Waals surface area contributed by atoms with E-state index in [1.807, 2.05) is 12.1 Å². The largest absolute Gasteiger partial charge is 0.390 e. The van der Waals surface area contributed by atoms with Gasteiger partial charge in [-0.3, -0.25) is 14.4 Å². The fraction of sp³-hybridized carbons (Fsp3) is 0.400. The Morgan fingerprint density at radius 3 is 2.24 bits per heavy atom. The number of carbonyl (C=O) groups is 3.